The first-order valence-corrected chi connectivity index (χ1v) is 9.36. The summed E-state index contributed by atoms with van der Waals surface area (Å²) in [4.78, 5) is 19.2. The second-order valence-electron chi connectivity index (χ2n) is 7.24. The average Bonchev–Trinajstić information content (AvgIpc) is 2.64. The maximum atomic E-state index is 12.6. The van der Waals surface area contributed by atoms with Crippen LogP contribution in [0.3, 0.4) is 0 Å². The molecule has 2 aromatic carbocycles. The molecular formula is C23H27N3O. The van der Waals surface area contributed by atoms with Crippen molar-refractivity contribution in [1.82, 2.24) is 10.3 Å². The molecule has 140 valence electrons. The maximum absolute atomic E-state index is 12.6. The highest BCUT2D eigenvalue weighted by molar-refractivity contribution is 5.98. The van der Waals surface area contributed by atoms with E-state index >= 15 is 0 Å². The van der Waals surface area contributed by atoms with Crippen LogP contribution < -0.4 is 10.2 Å². The lowest BCUT2D eigenvalue weighted by atomic mass is 10.1. The lowest BCUT2D eigenvalue weighted by molar-refractivity contribution is 0.0952. The van der Waals surface area contributed by atoms with E-state index < -0.39 is 0 Å². The number of nitrogens with one attached hydrogen (secondary N) is 1. The molecule has 1 amide bonds. The van der Waals surface area contributed by atoms with Gasteiger partial charge in [0.2, 0.25) is 0 Å². The summed E-state index contributed by atoms with van der Waals surface area (Å²) in [7, 11) is 4.07. The van der Waals surface area contributed by atoms with Gasteiger partial charge in [-0.3, -0.25) is 9.78 Å². The summed E-state index contributed by atoms with van der Waals surface area (Å²) in [6, 6.07) is 16.6. The second-order valence-corrected chi connectivity index (χ2v) is 7.24. The first-order chi connectivity index (χ1) is 12.9. The molecule has 0 unspecified atom stereocenters. The van der Waals surface area contributed by atoms with Gasteiger partial charge in [0.15, 0.2) is 0 Å². The Balaban J connectivity index is 1.57. The highest BCUT2D eigenvalue weighted by atomic mass is 16.1. The molecule has 0 spiro atoms. The summed E-state index contributed by atoms with van der Waals surface area (Å²) >= 11 is 0. The van der Waals surface area contributed by atoms with Crippen molar-refractivity contribution in [2.45, 2.75) is 26.7 Å². The van der Waals surface area contributed by atoms with E-state index in [0.29, 0.717) is 12.1 Å². The predicted molar refractivity (Wildman–Crippen MR) is 113 cm³/mol. The highest BCUT2D eigenvalue weighted by Crippen LogP contribution is 2.18. The predicted octanol–water partition coefficient (Wildman–Crippen LogP) is 4.28. The van der Waals surface area contributed by atoms with E-state index in [4.69, 9.17) is 0 Å². The van der Waals surface area contributed by atoms with Gasteiger partial charge in [-0.05, 0) is 62.1 Å². The van der Waals surface area contributed by atoms with Crippen molar-refractivity contribution >= 4 is 22.5 Å². The molecule has 0 atom stereocenters. The topological polar surface area (TPSA) is 45.2 Å². The smallest absolute Gasteiger partial charge is 0.253 e. The minimum absolute atomic E-state index is 0.0505. The van der Waals surface area contributed by atoms with Crippen molar-refractivity contribution in [3.63, 3.8) is 0 Å². The number of hydrogen-bond donors (Lipinski definition) is 1. The van der Waals surface area contributed by atoms with E-state index in [1.807, 2.05) is 52.2 Å². The molecule has 0 radical (unpaired) electrons. The van der Waals surface area contributed by atoms with Gasteiger partial charge in [-0.25, -0.2) is 0 Å². The van der Waals surface area contributed by atoms with Crippen LogP contribution in [0.1, 0.15) is 33.6 Å². The highest BCUT2D eigenvalue weighted by Gasteiger charge is 2.11. The van der Waals surface area contributed by atoms with Crippen LogP contribution in [-0.2, 0) is 6.42 Å². The number of aryl methyl sites for hydroxylation is 3. The van der Waals surface area contributed by atoms with Crippen LogP contribution in [0.4, 0.5) is 5.69 Å². The number of hydrogen-bond acceptors (Lipinski definition) is 3. The summed E-state index contributed by atoms with van der Waals surface area (Å²) in [5.74, 6) is -0.0505. The molecule has 3 rings (SSSR count). The third kappa shape index (κ3) is 4.64. The Bertz CT molecular complexity index is 946. The monoisotopic (exact) mass is 361 g/mol. The molecule has 0 saturated carbocycles. The van der Waals surface area contributed by atoms with Gasteiger partial charge in [0.1, 0.15) is 0 Å². The summed E-state index contributed by atoms with van der Waals surface area (Å²) < 4.78 is 0. The Labute approximate surface area is 161 Å². The van der Waals surface area contributed by atoms with Gasteiger partial charge in [-0.15, -0.1) is 0 Å². The first-order valence-electron chi connectivity index (χ1n) is 9.36. The number of pyridine rings is 1. The summed E-state index contributed by atoms with van der Waals surface area (Å²) in [6.45, 7) is 4.59. The quantitative estimate of drug-likeness (QED) is 0.667. The van der Waals surface area contributed by atoms with E-state index in [-0.39, 0.29) is 5.91 Å². The van der Waals surface area contributed by atoms with Crippen molar-refractivity contribution in [2.75, 3.05) is 25.5 Å². The number of amides is 1. The minimum atomic E-state index is -0.0505. The number of anilines is 1. The fourth-order valence-corrected chi connectivity index (χ4v) is 3.15. The zero-order chi connectivity index (χ0) is 19.4. The number of benzene rings is 2. The van der Waals surface area contributed by atoms with Gasteiger partial charge in [0.25, 0.3) is 5.91 Å². The van der Waals surface area contributed by atoms with E-state index in [0.717, 1.165) is 29.4 Å². The van der Waals surface area contributed by atoms with Crippen molar-refractivity contribution in [3.8, 4) is 0 Å². The van der Waals surface area contributed by atoms with Crippen molar-refractivity contribution in [2.24, 2.45) is 0 Å². The Hall–Kier alpha value is -2.88. The normalized spacial score (nSPS) is 10.8. The van der Waals surface area contributed by atoms with Gasteiger partial charge in [-0.1, -0.05) is 24.3 Å². The van der Waals surface area contributed by atoms with Crippen LogP contribution in [0.2, 0.25) is 0 Å². The van der Waals surface area contributed by atoms with Crippen LogP contribution in [0, 0.1) is 13.8 Å². The number of aromatic nitrogens is 1. The molecule has 0 saturated heterocycles. The van der Waals surface area contributed by atoms with E-state index in [1.165, 1.54) is 16.8 Å². The molecule has 0 fully saturated rings. The van der Waals surface area contributed by atoms with E-state index in [1.54, 1.807) is 0 Å². The number of nitrogens with zero attached hydrogens (tertiary/aromatic N) is 2. The molecule has 0 aliphatic carbocycles. The number of carbonyl (C=O) groups is 1. The van der Waals surface area contributed by atoms with Crippen LogP contribution in [0.5, 0.6) is 0 Å². The lowest BCUT2D eigenvalue weighted by Gasteiger charge is -2.13. The summed E-state index contributed by atoms with van der Waals surface area (Å²) in [6.07, 6.45) is 1.86. The largest absolute Gasteiger partial charge is 0.378 e. The van der Waals surface area contributed by atoms with Gasteiger partial charge >= 0.3 is 0 Å². The molecule has 0 bridgehead atoms. The molecule has 4 nitrogen and oxygen atoms in total. The summed E-state index contributed by atoms with van der Waals surface area (Å²) in [5, 5.41) is 4.03. The van der Waals surface area contributed by atoms with Crippen molar-refractivity contribution in [1.29, 1.82) is 0 Å². The van der Waals surface area contributed by atoms with Crippen LogP contribution in [-0.4, -0.2) is 31.5 Å². The Morgan fingerprint density at radius 3 is 2.48 bits per heavy atom. The minimum Gasteiger partial charge on any atom is -0.378 e. The third-order valence-corrected chi connectivity index (χ3v) is 4.79. The molecule has 0 aliphatic rings. The van der Waals surface area contributed by atoms with Gasteiger partial charge < -0.3 is 10.2 Å². The molecular weight excluding hydrogens is 334 g/mol. The van der Waals surface area contributed by atoms with Crippen LogP contribution in [0.25, 0.3) is 10.9 Å². The molecule has 0 aliphatic heterocycles. The maximum Gasteiger partial charge on any atom is 0.253 e. The molecule has 1 heterocycles. The molecule has 1 N–H and O–H groups in total. The SMILES string of the molecule is Cc1ccc2cc(C(=O)NCCCc3ccc(N(C)C)cc3)c(C)nc2c1. The van der Waals surface area contributed by atoms with Gasteiger partial charge in [-0.2, -0.15) is 0 Å². The molecule has 4 heteroatoms. The Morgan fingerprint density at radius 2 is 1.78 bits per heavy atom. The van der Waals surface area contributed by atoms with Crippen LogP contribution >= 0.6 is 0 Å². The van der Waals surface area contributed by atoms with Gasteiger partial charge in [0, 0.05) is 31.7 Å². The number of fused-ring (bicyclic) bond motifs is 1. The van der Waals surface area contributed by atoms with E-state index in [2.05, 4.69) is 39.5 Å². The standard InChI is InChI=1S/C23H27N3O/c1-16-7-10-19-15-21(17(2)25-22(19)14-16)23(27)24-13-5-6-18-8-11-20(12-9-18)26(3)4/h7-12,14-15H,5-6,13H2,1-4H3,(H,24,27). The third-order valence-electron chi connectivity index (χ3n) is 4.79. The molecule has 27 heavy (non-hydrogen) atoms. The number of rotatable bonds is 6. The van der Waals surface area contributed by atoms with Crippen molar-refractivity contribution < 1.29 is 4.79 Å². The zero-order valence-corrected chi connectivity index (χ0v) is 16.5. The molecule has 1 aromatic heterocycles. The zero-order valence-electron chi connectivity index (χ0n) is 16.5. The van der Waals surface area contributed by atoms with Crippen molar-refractivity contribution in [3.05, 3.63) is 70.9 Å². The Kier molecular flexibility index (Phi) is 5.75. The Morgan fingerprint density at radius 1 is 1.04 bits per heavy atom. The summed E-state index contributed by atoms with van der Waals surface area (Å²) in [5.41, 5.74) is 6.01. The lowest BCUT2D eigenvalue weighted by Crippen LogP contribution is -2.25. The fraction of sp³-hybridized carbons (Fsp3) is 0.304. The van der Waals surface area contributed by atoms with Crippen LogP contribution in [0.15, 0.2) is 48.5 Å². The fourth-order valence-electron chi connectivity index (χ4n) is 3.15. The van der Waals surface area contributed by atoms with E-state index in [9.17, 15) is 4.79 Å². The molecule has 3 aromatic rings. The first kappa shape index (κ1) is 18.9. The number of carbonyl (C=O) groups excluding carboxylic acids is 1. The second kappa shape index (κ2) is 8.21. The average molecular weight is 361 g/mol. The van der Waals surface area contributed by atoms with Gasteiger partial charge in [0.05, 0.1) is 16.8 Å².